The minimum Gasteiger partial charge on any atom is -0.497 e. The van der Waals surface area contributed by atoms with E-state index in [1.165, 1.54) is 19.2 Å². The van der Waals surface area contributed by atoms with Crippen molar-refractivity contribution in [3.05, 3.63) is 118 Å². The minimum absolute atomic E-state index is 0.0234. The first-order valence-electron chi connectivity index (χ1n) is 15.3. The molecule has 1 aliphatic rings. The molecule has 48 heavy (non-hydrogen) atoms. The number of nitrogens with one attached hydrogen (secondary N) is 1. The molecule has 2 atom stereocenters. The molecule has 1 heterocycles. The number of carbonyl (C=O) groups is 1. The van der Waals surface area contributed by atoms with Crippen LogP contribution in [0.2, 0.25) is 0 Å². The molecule has 4 aromatic carbocycles. The molecule has 10 nitrogen and oxygen atoms in total. The fourth-order valence-electron chi connectivity index (χ4n) is 5.37. The van der Waals surface area contributed by atoms with Crippen LogP contribution in [-0.2, 0) is 25.9 Å². The van der Waals surface area contributed by atoms with Gasteiger partial charge < -0.3 is 29.4 Å². The normalized spacial score (nSPS) is 17.2. The third-order valence-corrected chi connectivity index (χ3v) is 10.3. The highest BCUT2D eigenvalue weighted by Gasteiger charge is 2.53. The average molecular weight is 738 g/mol. The molecule has 2 N–H and O–H groups in total. The number of benzene rings is 4. The standard InChI is InChI=1S/C36H37BrN2O8S/c1-44-30-18-13-27(32(23-30)45-2)24-38-35(41)36(19-22-48(42,43)31-7-4-3-5-8-31)33(25-9-14-28(37)15-10-25)47-34(39-36)26-11-16-29(17-12-26)46-21-6-20-40/h3-5,7-18,23,33,40H,6,19-22,24H2,1-2H3,(H,38,41)/t33-,36-/m1/s1. The maximum Gasteiger partial charge on any atom is 0.252 e. The summed E-state index contributed by atoms with van der Waals surface area (Å²) in [7, 11) is -0.710. The monoisotopic (exact) mass is 736 g/mol. The van der Waals surface area contributed by atoms with Crippen LogP contribution in [0, 0.1) is 0 Å². The highest BCUT2D eigenvalue weighted by Crippen LogP contribution is 2.43. The van der Waals surface area contributed by atoms with Gasteiger partial charge in [0.25, 0.3) is 5.91 Å². The Kier molecular flexibility index (Phi) is 11.4. The summed E-state index contributed by atoms with van der Waals surface area (Å²) in [5.41, 5.74) is 0.263. The molecule has 0 radical (unpaired) electrons. The molecular formula is C36H37BrN2O8S. The molecule has 0 fully saturated rings. The quantitative estimate of drug-likeness (QED) is 0.149. The fourth-order valence-corrected chi connectivity index (χ4v) is 7.02. The third-order valence-electron chi connectivity index (χ3n) is 7.99. The second-order valence-electron chi connectivity index (χ2n) is 11.1. The van der Waals surface area contributed by atoms with Gasteiger partial charge in [0.15, 0.2) is 21.5 Å². The zero-order chi connectivity index (χ0) is 34.1. The van der Waals surface area contributed by atoms with Gasteiger partial charge in [-0.1, -0.05) is 46.3 Å². The fraction of sp³-hybridized carbons (Fsp3) is 0.278. The number of halogens is 1. The van der Waals surface area contributed by atoms with Crippen LogP contribution in [0.4, 0.5) is 0 Å². The van der Waals surface area contributed by atoms with Gasteiger partial charge in [0, 0.05) is 47.7 Å². The molecule has 0 bridgehead atoms. The van der Waals surface area contributed by atoms with E-state index in [2.05, 4.69) is 21.2 Å². The van der Waals surface area contributed by atoms with Gasteiger partial charge in [-0.15, -0.1) is 0 Å². The van der Waals surface area contributed by atoms with Crippen molar-refractivity contribution in [2.45, 2.75) is 35.9 Å². The van der Waals surface area contributed by atoms with Crippen molar-refractivity contribution in [2.24, 2.45) is 4.99 Å². The van der Waals surface area contributed by atoms with Gasteiger partial charge in [-0.25, -0.2) is 13.4 Å². The summed E-state index contributed by atoms with van der Waals surface area (Å²) < 4.78 is 51.0. The van der Waals surface area contributed by atoms with E-state index in [1.54, 1.807) is 67.8 Å². The largest absolute Gasteiger partial charge is 0.497 e. The second-order valence-corrected chi connectivity index (χ2v) is 14.1. The van der Waals surface area contributed by atoms with Gasteiger partial charge in [0.2, 0.25) is 5.90 Å². The summed E-state index contributed by atoms with van der Waals surface area (Å²) in [6.07, 6.45) is -0.620. The number of sulfone groups is 1. The van der Waals surface area contributed by atoms with Crippen molar-refractivity contribution in [1.29, 1.82) is 0 Å². The predicted molar refractivity (Wildman–Crippen MR) is 185 cm³/mol. The Morgan fingerprint density at radius 3 is 2.33 bits per heavy atom. The van der Waals surface area contributed by atoms with Crippen LogP contribution in [0.1, 0.15) is 35.6 Å². The first kappa shape index (κ1) is 34.9. The van der Waals surface area contributed by atoms with E-state index in [9.17, 15) is 13.2 Å². The van der Waals surface area contributed by atoms with Crippen LogP contribution in [0.3, 0.4) is 0 Å². The summed E-state index contributed by atoms with van der Waals surface area (Å²) in [5.74, 6) is 1.05. The van der Waals surface area contributed by atoms with Gasteiger partial charge in [0.1, 0.15) is 17.2 Å². The zero-order valence-electron chi connectivity index (χ0n) is 26.6. The molecular weight excluding hydrogens is 700 g/mol. The maximum atomic E-state index is 14.5. The molecule has 0 spiro atoms. The van der Waals surface area contributed by atoms with Gasteiger partial charge in [0.05, 0.1) is 31.5 Å². The highest BCUT2D eigenvalue weighted by atomic mass is 79.9. The zero-order valence-corrected chi connectivity index (χ0v) is 29.0. The summed E-state index contributed by atoms with van der Waals surface area (Å²) in [5, 5.41) is 12.1. The Morgan fingerprint density at radius 2 is 1.67 bits per heavy atom. The van der Waals surface area contributed by atoms with Crippen molar-refractivity contribution < 1.29 is 37.3 Å². The van der Waals surface area contributed by atoms with E-state index in [-0.39, 0.29) is 36.1 Å². The number of rotatable bonds is 15. The molecule has 4 aromatic rings. The molecule has 0 aliphatic carbocycles. The van der Waals surface area contributed by atoms with Crippen LogP contribution in [0.15, 0.2) is 111 Å². The summed E-state index contributed by atoms with van der Waals surface area (Å²) >= 11 is 3.47. The molecule has 0 saturated heterocycles. The first-order chi connectivity index (χ1) is 23.2. The number of nitrogens with zero attached hydrogens (tertiary/aromatic N) is 1. The average Bonchev–Trinajstić information content (AvgIpc) is 3.51. The SMILES string of the molecule is COc1ccc(CNC(=O)[C@]2(CCS(=O)(=O)c3ccccc3)N=C(c3ccc(OCCCO)cc3)O[C@@H]2c2ccc(Br)cc2)c(OC)c1. The minimum atomic E-state index is -3.80. The van der Waals surface area contributed by atoms with Gasteiger partial charge in [-0.3, -0.25) is 4.79 Å². The Morgan fingerprint density at radius 1 is 0.958 bits per heavy atom. The molecule has 12 heteroatoms. The number of amides is 1. The smallest absolute Gasteiger partial charge is 0.252 e. The first-order valence-corrected chi connectivity index (χ1v) is 17.8. The molecule has 5 rings (SSSR count). The van der Waals surface area contributed by atoms with Crippen molar-refractivity contribution in [3.8, 4) is 17.2 Å². The van der Waals surface area contributed by atoms with Crippen molar-refractivity contribution in [1.82, 2.24) is 5.32 Å². The lowest BCUT2D eigenvalue weighted by molar-refractivity contribution is -0.129. The summed E-state index contributed by atoms with van der Waals surface area (Å²) in [4.78, 5) is 19.6. The van der Waals surface area contributed by atoms with Gasteiger partial charge in [-0.05, 0) is 66.2 Å². The van der Waals surface area contributed by atoms with Crippen LogP contribution in [-0.4, -0.2) is 64.1 Å². The van der Waals surface area contributed by atoms with Crippen molar-refractivity contribution >= 4 is 37.6 Å². The Labute approximate surface area is 288 Å². The molecule has 1 aliphatic heterocycles. The van der Waals surface area contributed by atoms with Crippen molar-refractivity contribution in [2.75, 3.05) is 33.2 Å². The molecule has 1 amide bonds. The van der Waals surface area contributed by atoms with E-state index in [0.717, 1.165) is 4.47 Å². The van der Waals surface area contributed by atoms with E-state index in [4.69, 9.17) is 29.0 Å². The van der Waals surface area contributed by atoms with E-state index >= 15 is 0 Å². The molecule has 0 aromatic heterocycles. The van der Waals surface area contributed by atoms with Crippen molar-refractivity contribution in [3.63, 3.8) is 0 Å². The summed E-state index contributed by atoms with van der Waals surface area (Å²) in [6.45, 7) is 0.462. The van der Waals surface area contributed by atoms with E-state index < -0.39 is 27.4 Å². The Bertz CT molecular complexity index is 1830. The molecule has 0 saturated carbocycles. The van der Waals surface area contributed by atoms with Crippen LogP contribution >= 0.6 is 15.9 Å². The Balaban J connectivity index is 1.55. The topological polar surface area (TPSA) is 133 Å². The Hall–Kier alpha value is -4.39. The second kappa shape index (κ2) is 15.7. The number of aliphatic hydroxyl groups is 1. The number of carbonyl (C=O) groups excluding carboxylic acids is 1. The van der Waals surface area contributed by atoms with Crippen LogP contribution in [0.5, 0.6) is 17.2 Å². The van der Waals surface area contributed by atoms with Gasteiger partial charge in [-0.2, -0.15) is 0 Å². The predicted octanol–water partition coefficient (Wildman–Crippen LogP) is 5.66. The maximum absolute atomic E-state index is 14.5. The van der Waals surface area contributed by atoms with E-state index in [1.807, 2.05) is 24.3 Å². The van der Waals surface area contributed by atoms with Gasteiger partial charge >= 0.3 is 0 Å². The van der Waals surface area contributed by atoms with Crippen LogP contribution in [0.25, 0.3) is 0 Å². The summed E-state index contributed by atoms with van der Waals surface area (Å²) in [6, 6.07) is 27.8. The van der Waals surface area contributed by atoms with Crippen LogP contribution < -0.4 is 19.5 Å². The number of methoxy groups -OCH3 is 2. The number of aliphatic imine (C=N–C) groups is 1. The molecule has 252 valence electrons. The number of hydrogen-bond acceptors (Lipinski definition) is 9. The molecule has 0 unspecified atom stereocenters. The lowest BCUT2D eigenvalue weighted by atomic mass is 9.85. The third kappa shape index (κ3) is 8.00. The lowest BCUT2D eigenvalue weighted by Gasteiger charge is -2.30. The number of aliphatic hydroxyl groups excluding tert-OH is 1. The highest BCUT2D eigenvalue weighted by molar-refractivity contribution is 9.10. The lowest BCUT2D eigenvalue weighted by Crippen LogP contribution is -2.49. The van der Waals surface area contributed by atoms with E-state index in [0.29, 0.717) is 47.0 Å². The number of ether oxygens (including phenoxy) is 4. The number of hydrogen-bond donors (Lipinski definition) is 2.